The molecule has 0 bridgehead atoms. The van der Waals surface area contributed by atoms with Gasteiger partial charge in [-0.3, -0.25) is 0 Å². The van der Waals surface area contributed by atoms with Crippen LogP contribution in [0.5, 0.6) is 11.5 Å². The summed E-state index contributed by atoms with van der Waals surface area (Å²) in [6.45, 7) is 2.89. The molecule has 0 aromatic heterocycles. The third-order valence-corrected chi connectivity index (χ3v) is 11.6. The van der Waals surface area contributed by atoms with Crippen LogP contribution in [0.25, 0.3) is 11.1 Å². The predicted molar refractivity (Wildman–Crippen MR) is 186 cm³/mol. The van der Waals surface area contributed by atoms with E-state index < -0.39 is 5.41 Å². The Bertz CT molecular complexity index is 1610. The van der Waals surface area contributed by atoms with E-state index in [-0.39, 0.29) is 12.2 Å². The van der Waals surface area contributed by atoms with Crippen LogP contribution in [0, 0.1) is 0 Å². The average Bonchev–Trinajstić information content (AvgIpc) is 4.09. The Labute approximate surface area is 279 Å². The van der Waals surface area contributed by atoms with Gasteiger partial charge in [0.2, 0.25) is 0 Å². The molecule has 2 heterocycles. The molecule has 4 aromatic rings. The predicted octanol–water partition coefficient (Wildman–Crippen LogP) is 9.70. The molecule has 2 aliphatic heterocycles. The molecular formula is C43H46O4. The van der Waals surface area contributed by atoms with Crippen LogP contribution < -0.4 is 9.47 Å². The standard InChI is InChI=1S/C43H46O4/c1-3-11-29(12-4-1)37-23-31(19-21-41(37)46-27-33-25-44-33)43(39-17-9-7-15-35(39)36-16-8-10-18-40(36)43)32-20-22-42(47-28-34-26-45-34)38(24-32)30-13-5-2-6-14-30/h7-10,15-24,29-30,33-34H,1-6,11-14,25-28H2. The van der Waals surface area contributed by atoms with Gasteiger partial charge in [0, 0.05) is 0 Å². The normalized spacial score (nSPS) is 23.1. The Morgan fingerprint density at radius 3 is 1.38 bits per heavy atom. The van der Waals surface area contributed by atoms with Gasteiger partial charge in [0.1, 0.15) is 36.9 Å². The van der Waals surface area contributed by atoms with Crippen molar-refractivity contribution in [1.82, 2.24) is 0 Å². The maximum absolute atomic E-state index is 6.52. The highest BCUT2D eigenvalue weighted by molar-refractivity contribution is 5.86. The first-order valence-corrected chi connectivity index (χ1v) is 18.3. The lowest BCUT2D eigenvalue weighted by Crippen LogP contribution is -2.29. The molecule has 0 radical (unpaired) electrons. The molecule has 4 nitrogen and oxygen atoms in total. The molecule has 3 aliphatic carbocycles. The zero-order valence-electron chi connectivity index (χ0n) is 27.4. The minimum Gasteiger partial charge on any atom is -0.490 e. The van der Waals surface area contributed by atoms with E-state index in [1.54, 1.807) is 0 Å². The number of hydrogen-bond donors (Lipinski definition) is 0. The largest absolute Gasteiger partial charge is 0.490 e. The first-order chi connectivity index (χ1) is 23.3. The molecule has 5 aliphatic rings. The van der Waals surface area contributed by atoms with Gasteiger partial charge < -0.3 is 18.9 Å². The van der Waals surface area contributed by atoms with Crippen molar-refractivity contribution >= 4 is 0 Å². The second-order valence-corrected chi connectivity index (χ2v) is 14.5. The van der Waals surface area contributed by atoms with E-state index in [2.05, 4.69) is 84.9 Å². The van der Waals surface area contributed by atoms with Gasteiger partial charge in [0.15, 0.2) is 0 Å². The van der Waals surface area contributed by atoms with Crippen LogP contribution in [0.1, 0.15) is 109 Å². The van der Waals surface area contributed by atoms with E-state index in [1.165, 1.54) is 109 Å². The number of rotatable bonds is 10. The fraction of sp³-hybridized carbons (Fsp3) is 0.442. The van der Waals surface area contributed by atoms with Gasteiger partial charge in [0.25, 0.3) is 0 Å². The van der Waals surface area contributed by atoms with Crippen molar-refractivity contribution in [3.63, 3.8) is 0 Å². The van der Waals surface area contributed by atoms with E-state index in [0.717, 1.165) is 24.7 Å². The summed E-state index contributed by atoms with van der Waals surface area (Å²) < 4.78 is 24.1. The molecule has 2 atom stereocenters. The molecule has 2 unspecified atom stereocenters. The Morgan fingerprint density at radius 2 is 0.957 bits per heavy atom. The van der Waals surface area contributed by atoms with Crippen LogP contribution in [0.15, 0.2) is 84.9 Å². The fourth-order valence-electron chi connectivity index (χ4n) is 9.01. The average molecular weight is 627 g/mol. The molecule has 9 rings (SSSR count). The molecule has 0 spiro atoms. The molecular weight excluding hydrogens is 580 g/mol. The van der Waals surface area contributed by atoms with E-state index in [4.69, 9.17) is 18.9 Å². The lowest BCUT2D eigenvalue weighted by Gasteiger charge is -2.36. The van der Waals surface area contributed by atoms with Crippen molar-refractivity contribution in [3.05, 3.63) is 118 Å². The van der Waals surface area contributed by atoms with Crippen LogP contribution in [0.2, 0.25) is 0 Å². The van der Waals surface area contributed by atoms with E-state index >= 15 is 0 Å². The summed E-state index contributed by atoms with van der Waals surface area (Å²) in [5.74, 6) is 3.11. The van der Waals surface area contributed by atoms with Crippen molar-refractivity contribution in [1.29, 1.82) is 0 Å². The Hall–Kier alpha value is -3.60. The molecule has 47 heavy (non-hydrogen) atoms. The summed E-state index contributed by atoms with van der Waals surface area (Å²) in [4.78, 5) is 0. The minimum absolute atomic E-state index is 0.235. The number of hydrogen-bond acceptors (Lipinski definition) is 4. The van der Waals surface area contributed by atoms with E-state index in [9.17, 15) is 0 Å². The molecule has 4 heteroatoms. The van der Waals surface area contributed by atoms with Gasteiger partial charge in [-0.25, -0.2) is 0 Å². The smallest absolute Gasteiger partial charge is 0.122 e. The molecule has 2 saturated carbocycles. The molecule has 0 amide bonds. The lowest BCUT2D eigenvalue weighted by atomic mass is 9.66. The third kappa shape index (κ3) is 5.48. The first-order valence-electron chi connectivity index (χ1n) is 18.3. The van der Waals surface area contributed by atoms with Crippen LogP contribution in [0.3, 0.4) is 0 Å². The molecule has 2 saturated heterocycles. The maximum atomic E-state index is 6.52. The first kappa shape index (κ1) is 29.5. The van der Waals surface area contributed by atoms with Crippen LogP contribution in [-0.2, 0) is 14.9 Å². The van der Waals surface area contributed by atoms with Crippen molar-refractivity contribution in [3.8, 4) is 22.6 Å². The highest BCUT2D eigenvalue weighted by Crippen LogP contribution is 2.57. The third-order valence-electron chi connectivity index (χ3n) is 11.6. The number of fused-ring (bicyclic) bond motifs is 3. The summed E-state index contributed by atoms with van der Waals surface area (Å²) in [5, 5.41) is 0. The van der Waals surface area contributed by atoms with Crippen molar-refractivity contribution in [2.24, 2.45) is 0 Å². The molecule has 4 fully saturated rings. The van der Waals surface area contributed by atoms with Crippen LogP contribution in [0.4, 0.5) is 0 Å². The zero-order valence-corrected chi connectivity index (χ0v) is 27.4. The molecule has 4 aromatic carbocycles. The SMILES string of the molecule is c1ccc2c(c1)-c1ccccc1C2(c1ccc(OCC2CO2)c(C2CCCCC2)c1)c1ccc(OCC2CO2)c(C2CCCCC2)c1. The van der Waals surface area contributed by atoms with Crippen LogP contribution in [-0.4, -0.2) is 38.6 Å². The highest BCUT2D eigenvalue weighted by Gasteiger charge is 2.47. The minimum atomic E-state index is -0.448. The summed E-state index contributed by atoms with van der Waals surface area (Å²) >= 11 is 0. The van der Waals surface area contributed by atoms with Crippen LogP contribution >= 0.6 is 0 Å². The quantitative estimate of drug-likeness (QED) is 0.145. The van der Waals surface area contributed by atoms with Gasteiger partial charge in [-0.15, -0.1) is 0 Å². The van der Waals surface area contributed by atoms with E-state index in [0.29, 0.717) is 25.0 Å². The number of epoxide rings is 2. The zero-order chi connectivity index (χ0) is 31.2. The Balaban J connectivity index is 1.25. The van der Waals surface area contributed by atoms with Gasteiger partial charge in [-0.2, -0.15) is 0 Å². The summed E-state index contributed by atoms with van der Waals surface area (Å²) in [6.07, 6.45) is 13.2. The fourth-order valence-corrected chi connectivity index (χ4v) is 9.01. The van der Waals surface area contributed by atoms with Gasteiger partial charge in [0.05, 0.1) is 18.6 Å². The van der Waals surface area contributed by atoms with Crippen molar-refractivity contribution < 1.29 is 18.9 Å². The summed E-state index contributed by atoms with van der Waals surface area (Å²) in [5.41, 5.74) is 10.4. The van der Waals surface area contributed by atoms with Gasteiger partial charge >= 0.3 is 0 Å². The summed E-state index contributed by atoms with van der Waals surface area (Å²) in [6, 6.07) is 32.6. The monoisotopic (exact) mass is 626 g/mol. The maximum Gasteiger partial charge on any atom is 0.122 e. The second-order valence-electron chi connectivity index (χ2n) is 14.5. The van der Waals surface area contributed by atoms with Gasteiger partial charge in [-0.1, -0.05) is 111 Å². The topological polar surface area (TPSA) is 43.5 Å². The second kappa shape index (κ2) is 12.5. The van der Waals surface area contributed by atoms with E-state index in [1.807, 2.05) is 0 Å². The molecule has 0 N–H and O–H groups in total. The highest BCUT2D eigenvalue weighted by atomic mass is 16.6. The molecule has 242 valence electrons. The summed E-state index contributed by atoms with van der Waals surface area (Å²) in [7, 11) is 0. The Kier molecular flexibility index (Phi) is 7.82. The van der Waals surface area contributed by atoms with Crippen molar-refractivity contribution in [2.45, 2.75) is 93.7 Å². The number of benzene rings is 4. The van der Waals surface area contributed by atoms with Crippen molar-refractivity contribution in [2.75, 3.05) is 26.4 Å². The van der Waals surface area contributed by atoms with Gasteiger partial charge in [-0.05, 0) is 94.2 Å². The number of ether oxygens (including phenoxy) is 4. The Morgan fingerprint density at radius 1 is 0.532 bits per heavy atom. The lowest BCUT2D eigenvalue weighted by molar-refractivity contribution is 0.258.